The summed E-state index contributed by atoms with van der Waals surface area (Å²) in [5.41, 5.74) is 6.58. The fraction of sp³-hybridized carbons (Fsp3) is 0.250. The molecule has 1 fully saturated rings. The summed E-state index contributed by atoms with van der Waals surface area (Å²) < 4.78 is 1.10. The largest absolute Gasteiger partial charge is 0.354 e. The Morgan fingerprint density at radius 1 is 0.886 bits per heavy atom. The monoisotopic (exact) mass is 522 g/mol. The maximum atomic E-state index is 4.12. The number of H-pyrrole nitrogens is 1. The maximum Gasteiger partial charge on any atom is 0.0513 e. The fourth-order valence-corrected chi connectivity index (χ4v) is 6.30. The number of aromatic amines is 1. The zero-order chi connectivity index (χ0) is 23.8. The molecule has 6 rings (SSSR count). The van der Waals surface area contributed by atoms with Crippen molar-refractivity contribution in [2.24, 2.45) is 0 Å². The van der Waals surface area contributed by atoms with Gasteiger partial charge in [0.25, 0.3) is 0 Å². The van der Waals surface area contributed by atoms with E-state index in [2.05, 4.69) is 124 Å². The molecular formula is C32H31BrN2. The van der Waals surface area contributed by atoms with Crippen molar-refractivity contribution in [2.75, 3.05) is 0 Å². The van der Waals surface area contributed by atoms with Gasteiger partial charge in [0, 0.05) is 33.0 Å². The number of aromatic nitrogens is 1. The highest BCUT2D eigenvalue weighted by Crippen LogP contribution is 2.42. The SMILES string of the molecule is CCC(NC1CCC(c2ccccc2)C1)c1c(-c2ccc(Br)cc2)[nH]c2ccc3ccccc3c12. The molecule has 0 radical (unpaired) electrons. The van der Waals surface area contributed by atoms with Gasteiger partial charge in [-0.05, 0) is 71.7 Å². The first-order chi connectivity index (χ1) is 17.2. The van der Waals surface area contributed by atoms with E-state index in [0.29, 0.717) is 12.0 Å². The van der Waals surface area contributed by atoms with Gasteiger partial charge in [-0.25, -0.2) is 0 Å². The molecule has 5 aromatic rings. The van der Waals surface area contributed by atoms with Crippen LogP contribution in [0.2, 0.25) is 0 Å². The summed E-state index contributed by atoms with van der Waals surface area (Å²) in [6, 6.07) is 33.8. The Labute approximate surface area is 215 Å². The molecule has 3 atom stereocenters. The summed E-state index contributed by atoms with van der Waals surface area (Å²) in [5, 5.41) is 8.10. The van der Waals surface area contributed by atoms with Crippen LogP contribution in [0.5, 0.6) is 0 Å². The number of hydrogen-bond donors (Lipinski definition) is 2. The van der Waals surface area contributed by atoms with Crippen LogP contribution in [0, 0.1) is 0 Å². The predicted molar refractivity (Wildman–Crippen MR) is 152 cm³/mol. The van der Waals surface area contributed by atoms with Crippen molar-refractivity contribution in [3.8, 4) is 11.3 Å². The van der Waals surface area contributed by atoms with Gasteiger partial charge in [0.05, 0.1) is 5.69 Å². The van der Waals surface area contributed by atoms with Crippen molar-refractivity contribution in [1.29, 1.82) is 0 Å². The van der Waals surface area contributed by atoms with Gasteiger partial charge in [-0.2, -0.15) is 0 Å². The van der Waals surface area contributed by atoms with Crippen molar-refractivity contribution in [3.63, 3.8) is 0 Å². The fourth-order valence-electron chi connectivity index (χ4n) is 6.04. The minimum Gasteiger partial charge on any atom is -0.354 e. The van der Waals surface area contributed by atoms with E-state index in [9.17, 15) is 0 Å². The van der Waals surface area contributed by atoms with E-state index < -0.39 is 0 Å². The standard InChI is InChI=1S/C32H31BrN2/c1-2-28(34-26-18-14-24(20-26)21-8-4-3-5-9-21)31-30-27-11-7-6-10-22(27)15-19-29(30)35-32(31)23-12-16-25(33)17-13-23/h3-13,15-17,19,24,26,28,34-35H,2,14,18,20H2,1H3. The first kappa shape index (κ1) is 22.6. The summed E-state index contributed by atoms with van der Waals surface area (Å²) in [5.74, 6) is 0.654. The molecule has 1 aliphatic carbocycles. The molecule has 3 unspecified atom stereocenters. The minimum atomic E-state index is 0.285. The number of nitrogens with one attached hydrogen (secondary N) is 2. The van der Waals surface area contributed by atoms with Crippen LogP contribution in [-0.4, -0.2) is 11.0 Å². The van der Waals surface area contributed by atoms with Gasteiger partial charge in [0.15, 0.2) is 0 Å². The molecule has 2 nitrogen and oxygen atoms in total. The van der Waals surface area contributed by atoms with Crippen molar-refractivity contribution in [2.45, 2.75) is 50.6 Å². The van der Waals surface area contributed by atoms with Gasteiger partial charge >= 0.3 is 0 Å². The van der Waals surface area contributed by atoms with Crippen LogP contribution in [0.25, 0.3) is 32.9 Å². The Balaban J connectivity index is 1.43. The minimum absolute atomic E-state index is 0.285. The topological polar surface area (TPSA) is 27.8 Å². The molecule has 0 aliphatic heterocycles. The predicted octanol–water partition coefficient (Wildman–Crippen LogP) is 9.13. The van der Waals surface area contributed by atoms with Crippen LogP contribution in [0.4, 0.5) is 0 Å². The van der Waals surface area contributed by atoms with E-state index in [0.717, 1.165) is 10.9 Å². The molecule has 4 aromatic carbocycles. The summed E-state index contributed by atoms with van der Waals surface area (Å²) in [6.07, 6.45) is 4.74. The molecular weight excluding hydrogens is 492 g/mol. The van der Waals surface area contributed by atoms with Crippen molar-refractivity contribution >= 4 is 37.6 Å². The van der Waals surface area contributed by atoms with Gasteiger partial charge in [0.1, 0.15) is 0 Å². The van der Waals surface area contributed by atoms with E-state index in [4.69, 9.17) is 0 Å². The lowest BCUT2D eigenvalue weighted by molar-refractivity contribution is 0.430. The molecule has 3 heteroatoms. The lowest BCUT2D eigenvalue weighted by atomic mass is 9.93. The van der Waals surface area contributed by atoms with Gasteiger partial charge < -0.3 is 10.3 Å². The van der Waals surface area contributed by atoms with Crippen LogP contribution < -0.4 is 5.32 Å². The highest BCUT2D eigenvalue weighted by Gasteiger charge is 2.30. The van der Waals surface area contributed by atoms with Crippen LogP contribution in [-0.2, 0) is 0 Å². The van der Waals surface area contributed by atoms with Crippen LogP contribution in [0.3, 0.4) is 0 Å². The molecule has 2 N–H and O–H groups in total. The Hall–Kier alpha value is -2.88. The Bertz CT molecular complexity index is 1450. The quantitative estimate of drug-likeness (QED) is 0.228. The third-order valence-electron chi connectivity index (χ3n) is 7.76. The zero-order valence-corrected chi connectivity index (χ0v) is 21.7. The number of fused-ring (bicyclic) bond motifs is 3. The molecule has 176 valence electrons. The van der Waals surface area contributed by atoms with Crippen LogP contribution in [0.15, 0.2) is 95.5 Å². The summed E-state index contributed by atoms with van der Waals surface area (Å²) in [7, 11) is 0. The molecule has 0 amide bonds. The van der Waals surface area contributed by atoms with Crippen LogP contribution >= 0.6 is 15.9 Å². The molecule has 0 bridgehead atoms. The maximum absolute atomic E-state index is 4.12. The second-order valence-electron chi connectivity index (χ2n) is 9.87. The van der Waals surface area contributed by atoms with E-state index in [1.165, 1.54) is 63.3 Å². The van der Waals surface area contributed by atoms with Gasteiger partial charge in [-0.3, -0.25) is 0 Å². The average Bonchev–Trinajstić information content (AvgIpc) is 3.53. The second-order valence-corrected chi connectivity index (χ2v) is 10.8. The van der Waals surface area contributed by atoms with Crippen molar-refractivity contribution < 1.29 is 0 Å². The van der Waals surface area contributed by atoms with Crippen LogP contribution in [0.1, 0.15) is 55.7 Å². The summed E-state index contributed by atoms with van der Waals surface area (Å²) >= 11 is 3.61. The number of halogens is 1. The Kier molecular flexibility index (Phi) is 6.22. The summed E-state index contributed by atoms with van der Waals surface area (Å²) in [6.45, 7) is 2.32. The van der Waals surface area contributed by atoms with Crippen molar-refractivity contribution in [3.05, 3.63) is 107 Å². The molecule has 1 saturated carbocycles. The Morgan fingerprint density at radius 2 is 1.66 bits per heavy atom. The lowest BCUT2D eigenvalue weighted by Gasteiger charge is -2.24. The Morgan fingerprint density at radius 3 is 2.46 bits per heavy atom. The molecule has 35 heavy (non-hydrogen) atoms. The normalized spacial score (nSPS) is 18.9. The first-order valence-corrected chi connectivity index (χ1v) is 13.6. The lowest BCUT2D eigenvalue weighted by Crippen LogP contribution is -2.30. The molecule has 1 aliphatic rings. The highest BCUT2D eigenvalue weighted by atomic mass is 79.9. The average molecular weight is 524 g/mol. The van der Waals surface area contributed by atoms with E-state index in [1.54, 1.807) is 0 Å². The number of benzene rings is 4. The van der Waals surface area contributed by atoms with E-state index >= 15 is 0 Å². The molecule has 1 heterocycles. The van der Waals surface area contributed by atoms with E-state index in [-0.39, 0.29) is 6.04 Å². The molecule has 1 aromatic heterocycles. The third-order valence-corrected chi connectivity index (χ3v) is 8.29. The highest BCUT2D eigenvalue weighted by molar-refractivity contribution is 9.10. The van der Waals surface area contributed by atoms with Crippen molar-refractivity contribution in [1.82, 2.24) is 10.3 Å². The molecule has 0 spiro atoms. The molecule has 0 saturated heterocycles. The third kappa shape index (κ3) is 4.32. The summed E-state index contributed by atoms with van der Waals surface area (Å²) in [4.78, 5) is 3.81. The smallest absolute Gasteiger partial charge is 0.0513 e. The van der Waals surface area contributed by atoms with Gasteiger partial charge in [-0.15, -0.1) is 0 Å². The van der Waals surface area contributed by atoms with E-state index in [1.807, 2.05) is 0 Å². The van der Waals surface area contributed by atoms with Gasteiger partial charge in [-0.1, -0.05) is 95.7 Å². The zero-order valence-electron chi connectivity index (χ0n) is 20.1. The number of rotatable bonds is 6. The second kappa shape index (κ2) is 9.64. The van der Waals surface area contributed by atoms with Gasteiger partial charge in [0.2, 0.25) is 0 Å². The first-order valence-electron chi connectivity index (χ1n) is 12.8. The number of hydrogen-bond acceptors (Lipinski definition) is 1.